The number of thiophene rings is 1. The lowest BCUT2D eigenvalue weighted by molar-refractivity contribution is 0.763. The van der Waals surface area contributed by atoms with E-state index in [1.54, 1.807) is 17.4 Å². The van der Waals surface area contributed by atoms with Gasteiger partial charge in [-0.05, 0) is 40.2 Å². The third-order valence-electron chi connectivity index (χ3n) is 3.13. The van der Waals surface area contributed by atoms with Crippen LogP contribution in [0.25, 0.3) is 11.0 Å². The summed E-state index contributed by atoms with van der Waals surface area (Å²) in [4.78, 5) is 5.87. The Labute approximate surface area is 149 Å². The van der Waals surface area contributed by atoms with Gasteiger partial charge in [0.2, 0.25) is 0 Å². The molecule has 0 N–H and O–H groups in total. The highest BCUT2D eigenvalue weighted by Crippen LogP contribution is 2.30. The molecule has 0 aliphatic rings. The maximum absolute atomic E-state index is 6.15. The smallest absolute Gasteiger partial charge is 0.111 e. The normalized spacial score (nSPS) is 11.4. The van der Waals surface area contributed by atoms with Crippen molar-refractivity contribution in [3.8, 4) is 0 Å². The van der Waals surface area contributed by atoms with Crippen molar-refractivity contribution in [2.75, 3.05) is 5.88 Å². The Balaban J connectivity index is 2.12. The number of hydrogen-bond acceptors (Lipinski definition) is 2. The molecule has 0 atom stereocenters. The maximum atomic E-state index is 6.15. The molecule has 2 nitrogen and oxygen atoms in total. The summed E-state index contributed by atoms with van der Waals surface area (Å²) in [5.41, 5.74) is 1.83. The van der Waals surface area contributed by atoms with Crippen LogP contribution < -0.4 is 0 Å². The van der Waals surface area contributed by atoms with Crippen molar-refractivity contribution in [2.24, 2.45) is 0 Å². The van der Waals surface area contributed by atoms with E-state index in [0.29, 0.717) is 22.3 Å². The second kappa shape index (κ2) is 6.47. The zero-order chi connectivity index (χ0) is 15.0. The van der Waals surface area contributed by atoms with Crippen LogP contribution >= 0.6 is 62.1 Å². The molecule has 0 bridgehead atoms. The Bertz CT molecular complexity index is 797. The summed E-state index contributed by atoms with van der Waals surface area (Å²) in [5, 5.41) is 1.06. The number of alkyl halides is 1. The first-order valence-corrected chi connectivity index (χ1v) is 9.13. The fraction of sp³-hybridized carbons (Fsp3) is 0.214. The van der Waals surface area contributed by atoms with Crippen LogP contribution in [-0.2, 0) is 13.0 Å². The minimum atomic E-state index is 0.519. The summed E-state index contributed by atoms with van der Waals surface area (Å²) in [7, 11) is 0. The van der Waals surface area contributed by atoms with Crippen LogP contribution in [0.1, 0.15) is 10.7 Å². The van der Waals surface area contributed by atoms with E-state index in [0.717, 1.165) is 27.2 Å². The molecule has 7 heteroatoms. The Hall–Kier alpha value is -0.260. The van der Waals surface area contributed by atoms with Crippen LogP contribution in [0.4, 0.5) is 0 Å². The van der Waals surface area contributed by atoms with Crippen LogP contribution in [0.5, 0.6) is 0 Å². The summed E-state index contributed by atoms with van der Waals surface area (Å²) in [6.45, 7) is 0.747. The van der Waals surface area contributed by atoms with Gasteiger partial charge in [-0.1, -0.05) is 23.2 Å². The van der Waals surface area contributed by atoms with E-state index in [4.69, 9.17) is 34.8 Å². The van der Waals surface area contributed by atoms with Crippen molar-refractivity contribution in [1.82, 2.24) is 9.55 Å². The quantitative estimate of drug-likeness (QED) is 0.470. The number of nitrogens with zero attached hydrogens (tertiary/aromatic N) is 2. The maximum Gasteiger partial charge on any atom is 0.111 e. The Morgan fingerprint density at radius 3 is 2.62 bits per heavy atom. The largest absolute Gasteiger partial charge is 0.323 e. The lowest BCUT2D eigenvalue weighted by atomic mass is 10.3. The standard InChI is InChI=1S/C14H10BrCl3N2S/c15-13-2-1-8(21-13)7-20-12-6-10(18)9(17)5-11(12)19-14(20)3-4-16/h1-2,5-6H,3-4,7H2. The van der Waals surface area contributed by atoms with E-state index in [1.807, 2.05) is 12.1 Å². The average Bonchev–Trinajstić information content (AvgIpc) is 2.97. The van der Waals surface area contributed by atoms with Gasteiger partial charge in [-0.15, -0.1) is 22.9 Å². The highest BCUT2D eigenvalue weighted by Gasteiger charge is 2.14. The van der Waals surface area contributed by atoms with Gasteiger partial charge in [-0.3, -0.25) is 0 Å². The number of benzene rings is 1. The number of imidazole rings is 1. The molecular weight excluding hydrogens is 414 g/mol. The zero-order valence-electron chi connectivity index (χ0n) is 10.7. The first-order valence-electron chi connectivity index (χ1n) is 6.23. The van der Waals surface area contributed by atoms with E-state index in [1.165, 1.54) is 4.88 Å². The molecule has 0 saturated heterocycles. The average molecular weight is 425 g/mol. The summed E-state index contributed by atoms with van der Waals surface area (Å²) < 4.78 is 3.26. The monoisotopic (exact) mass is 422 g/mol. The molecule has 2 heterocycles. The number of aromatic nitrogens is 2. The molecule has 110 valence electrons. The minimum Gasteiger partial charge on any atom is -0.323 e. The highest BCUT2D eigenvalue weighted by molar-refractivity contribution is 9.11. The molecule has 0 aliphatic carbocycles. The lowest BCUT2D eigenvalue weighted by Gasteiger charge is -2.07. The van der Waals surface area contributed by atoms with Crippen molar-refractivity contribution in [2.45, 2.75) is 13.0 Å². The number of hydrogen-bond donors (Lipinski definition) is 0. The molecule has 3 rings (SSSR count). The Morgan fingerprint density at radius 2 is 1.95 bits per heavy atom. The third-order valence-corrected chi connectivity index (χ3v) is 5.65. The summed E-state index contributed by atoms with van der Waals surface area (Å²) in [6.07, 6.45) is 0.706. The Morgan fingerprint density at radius 1 is 1.19 bits per heavy atom. The van der Waals surface area contributed by atoms with Gasteiger partial charge < -0.3 is 4.57 Å². The third kappa shape index (κ3) is 3.25. The van der Waals surface area contributed by atoms with Crippen molar-refractivity contribution in [3.63, 3.8) is 0 Å². The van der Waals surface area contributed by atoms with E-state index >= 15 is 0 Å². The van der Waals surface area contributed by atoms with Gasteiger partial charge in [-0.25, -0.2) is 4.98 Å². The molecule has 2 aromatic heterocycles. The minimum absolute atomic E-state index is 0.519. The van der Waals surface area contributed by atoms with Crippen molar-refractivity contribution in [3.05, 3.63) is 48.8 Å². The fourth-order valence-electron chi connectivity index (χ4n) is 2.21. The van der Waals surface area contributed by atoms with Gasteiger partial charge in [0.25, 0.3) is 0 Å². The van der Waals surface area contributed by atoms with Crippen LogP contribution in [0.3, 0.4) is 0 Å². The molecule has 3 aromatic rings. The summed E-state index contributed by atoms with van der Waals surface area (Å²) in [6, 6.07) is 7.82. The van der Waals surface area contributed by atoms with Gasteiger partial charge in [-0.2, -0.15) is 0 Å². The molecular formula is C14H10BrCl3N2S. The number of aryl methyl sites for hydroxylation is 1. The molecule has 21 heavy (non-hydrogen) atoms. The number of rotatable bonds is 4. The van der Waals surface area contributed by atoms with Gasteiger partial charge in [0.05, 0.1) is 31.4 Å². The molecule has 0 radical (unpaired) electrons. The van der Waals surface area contributed by atoms with Crippen LogP contribution in [-0.4, -0.2) is 15.4 Å². The van der Waals surface area contributed by atoms with Gasteiger partial charge >= 0.3 is 0 Å². The summed E-state index contributed by atoms with van der Waals surface area (Å²) in [5.74, 6) is 1.47. The number of fused-ring (bicyclic) bond motifs is 1. The molecule has 1 aromatic carbocycles. The second-order valence-corrected chi connectivity index (χ2v) is 8.25. The lowest BCUT2D eigenvalue weighted by Crippen LogP contribution is -2.04. The fourth-order valence-corrected chi connectivity index (χ4v) is 4.17. The van der Waals surface area contributed by atoms with Crippen LogP contribution in [0.2, 0.25) is 10.0 Å². The molecule has 0 fully saturated rings. The zero-order valence-corrected chi connectivity index (χ0v) is 15.4. The van der Waals surface area contributed by atoms with Crippen molar-refractivity contribution < 1.29 is 0 Å². The first kappa shape index (κ1) is 15.6. The number of halogens is 4. The molecule has 0 amide bonds. The second-order valence-electron chi connectivity index (χ2n) is 4.51. The highest BCUT2D eigenvalue weighted by atomic mass is 79.9. The van der Waals surface area contributed by atoms with Gasteiger partial charge in [0, 0.05) is 17.2 Å². The van der Waals surface area contributed by atoms with Gasteiger partial charge in [0.15, 0.2) is 0 Å². The van der Waals surface area contributed by atoms with E-state index < -0.39 is 0 Å². The SMILES string of the molecule is ClCCc1nc2cc(Cl)c(Cl)cc2n1Cc1ccc(Br)s1. The van der Waals surface area contributed by atoms with E-state index in [9.17, 15) is 0 Å². The molecule has 0 saturated carbocycles. The van der Waals surface area contributed by atoms with Crippen LogP contribution in [0.15, 0.2) is 28.1 Å². The van der Waals surface area contributed by atoms with Crippen molar-refractivity contribution >= 4 is 73.1 Å². The van der Waals surface area contributed by atoms with E-state index in [-0.39, 0.29) is 0 Å². The topological polar surface area (TPSA) is 17.8 Å². The predicted molar refractivity (Wildman–Crippen MR) is 95.3 cm³/mol. The van der Waals surface area contributed by atoms with Gasteiger partial charge in [0.1, 0.15) is 5.82 Å². The molecule has 0 aliphatic heterocycles. The van der Waals surface area contributed by atoms with Crippen LogP contribution in [0, 0.1) is 0 Å². The summed E-state index contributed by atoms with van der Waals surface area (Å²) >= 11 is 23.3. The van der Waals surface area contributed by atoms with Crippen molar-refractivity contribution in [1.29, 1.82) is 0 Å². The predicted octanol–water partition coefficient (Wildman–Crippen LogP) is 6.00. The molecule has 0 unspecified atom stereocenters. The first-order chi connectivity index (χ1) is 10.1. The Kier molecular flexibility index (Phi) is 4.81. The molecule has 0 spiro atoms. The van der Waals surface area contributed by atoms with E-state index in [2.05, 4.69) is 31.5 Å².